The van der Waals surface area contributed by atoms with E-state index in [0.717, 1.165) is 102 Å². The Labute approximate surface area is 562 Å². The number of hydrogen-bond donors (Lipinski definition) is 3. The molecule has 0 saturated heterocycles. The molecule has 0 aliphatic rings. The molecule has 5 atom stereocenters. The fraction of sp³-hybridized carbons (Fsp3) is 0.945. The lowest BCUT2D eigenvalue weighted by Gasteiger charge is -2.21. The van der Waals surface area contributed by atoms with Crippen molar-refractivity contribution in [3.05, 3.63) is 0 Å². The molecule has 0 aromatic carbocycles. The fourth-order valence-electron chi connectivity index (χ4n) is 11.2. The molecule has 0 aromatic rings. The summed E-state index contributed by atoms with van der Waals surface area (Å²) in [6.45, 7) is 7.22. The molecule has 0 rings (SSSR count). The number of carbonyl (C=O) groups excluding carboxylic acids is 4. The smallest absolute Gasteiger partial charge is 0.462 e. The van der Waals surface area contributed by atoms with Gasteiger partial charge in [0, 0.05) is 25.7 Å². The number of aliphatic hydroxyl groups is 1. The van der Waals surface area contributed by atoms with Gasteiger partial charge in [-0.05, 0) is 31.6 Å². The molecule has 3 N–H and O–H groups in total. The third-order valence-corrected chi connectivity index (χ3v) is 18.9. The first kappa shape index (κ1) is 90.1. The number of phosphoric ester groups is 2. The van der Waals surface area contributed by atoms with Crippen LogP contribution < -0.4 is 0 Å². The minimum Gasteiger partial charge on any atom is -0.462 e. The van der Waals surface area contributed by atoms with Crippen LogP contribution in [0.25, 0.3) is 0 Å². The largest absolute Gasteiger partial charge is 0.472 e. The second-order valence-corrected chi connectivity index (χ2v) is 29.7. The second kappa shape index (κ2) is 66.3. The number of ether oxygens (including phenoxy) is 4. The Morgan fingerprint density at radius 1 is 0.293 bits per heavy atom. The second-order valence-electron chi connectivity index (χ2n) is 26.8. The molecule has 0 aliphatic heterocycles. The third-order valence-electron chi connectivity index (χ3n) is 17.0. The summed E-state index contributed by atoms with van der Waals surface area (Å²) in [6, 6.07) is 0. The molecule has 0 aromatic heterocycles. The molecule has 19 heteroatoms. The van der Waals surface area contributed by atoms with Crippen LogP contribution in [0, 0.1) is 5.92 Å². The lowest BCUT2D eigenvalue weighted by atomic mass is 10.0. The van der Waals surface area contributed by atoms with E-state index < -0.39 is 97.5 Å². The van der Waals surface area contributed by atoms with E-state index in [9.17, 15) is 43.2 Å². The number of phosphoric acid groups is 2. The van der Waals surface area contributed by atoms with Gasteiger partial charge >= 0.3 is 39.5 Å². The molecule has 0 heterocycles. The maximum atomic E-state index is 13.0. The predicted molar refractivity (Wildman–Crippen MR) is 372 cm³/mol. The number of hydrogen-bond acceptors (Lipinski definition) is 15. The van der Waals surface area contributed by atoms with Crippen molar-refractivity contribution in [2.75, 3.05) is 39.6 Å². The number of rotatable bonds is 73. The van der Waals surface area contributed by atoms with E-state index >= 15 is 0 Å². The highest BCUT2D eigenvalue weighted by atomic mass is 31.2. The summed E-state index contributed by atoms with van der Waals surface area (Å²) in [6.07, 6.45) is 54.2. The molecular weight excluding hydrogens is 1210 g/mol. The van der Waals surface area contributed by atoms with Gasteiger partial charge in [-0.1, -0.05) is 330 Å². The Morgan fingerprint density at radius 2 is 0.500 bits per heavy atom. The Morgan fingerprint density at radius 3 is 0.739 bits per heavy atom. The Hall–Kier alpha value is -1.94. The van der Waals surface area contributed by atoms with Gasteiger partial charge < -0.3 is 33.8 Å². The van der Waals surface area contributed by atoms with E-state index in [2.05, 4.69) is 34.6 Å². The molecule has 2 unspecified atom stereocenters. The summed E-state index contributed by atoms with van der Waals surface area (Å²) >= 11 is 0. The molecule has 0 amide bonds. The minimum absolute atomic E-state index is 0.107. The van der Waals surface area contributed by atoms with Crippen molar-refractivity contribution >= 4 is 39.5 Å². The number of esters is 4. The number of carbonyl (C=O) groups is 4. The van der Waals surface area contributed by atoms with Crippen LogP contribution in [0.5, 0.6) is 0 Å². The van der Waals surface area contributed by atoms with Gasteiger partial charge in [-0.25, -0.2) is 9.13 Å². The van der Waals surface area contributed by atoms with Crippen LogP contribution in [-0.4, -0.2) is 96.7 Å². The van der Waals surface area contributed by atoms with E-state index in [0.29, 0.717) is 25.7 Å². The SMILES string of the molecule is CCCCCCCCCCCCCCCCCCCCCCC(=O)O[C@H](COC(=O)CCCCCCCCCCCC(C)C)COP(=O)(O)OC[C@@H](O)COP(=O)(O)OC[C@@H](COC(=O)CCCCCCCCCC)OC(=O)CCCCCCCCCCCCCC. The highest BCUT2D eigenvalue weighted by molar-refractivity contribution is 7.47. The van der Waals surface area contributed by atoms with Crippen molar-refractivity contribution < 1.29 is 80.2 Å². The van der Waals surface area contributed by atoms with Crippen LogP contribution in [0.3, 0.4) is 0 Å². The molecule has 0 fully saturated rings. The van der Waals surface area contributed by atoms with Crippen molar-refractivity contribution in [2.45, 2.75) is 400 Å². The quantitative estimate of drug-likeness (QED) is 0.0222. The van der Waals surface area contributed by atoms with Gasteiger partial charge in [-0.15, -0.1) is 0 Å². The van der Waals surface area contributed by atoms with Gasteiger partial charge in [-0.2, -0.15) is 0 Å². The highest BCUT2D eigenvalue weighted by Crippen LogP contribution is 2.45. The molecule has 0 bridgehead atoms. The average molecular weight is 1350 g/mol. The van der Waals surface area contributed by atoms with Crippen LogP contribution in [-0.2, 0) is 65.4 Å². The average Bonchev–Trinajstić information content (AvgIpc) is 3.01. The standard InChI is InChI=1S/C73H142O17P2/c1-6-9-12-15-18-21-23-25-26-27-28-29-30-31-32-34-38-44-49-54-59-73(78)90-69(63-84-71(76)57-52-47-42-39-35-36-40-45-50-55-66(4)5)65-88-92(81,82)86-61-67(74)60-85-91(79,80)87-64-68(62-83-70(75)56-51-46-41-20-17-14-11-8-3)89-72(77)58-53-48-43-37-33-24-22-19-16-13-10-7-2/h66-69,74H,6-65H2,1-5H3,(H,79,80)(H,81,82)/t67-,68+,69+/m0/s1. The van der Waals surface area contributed by atoms with Gasteiger partial charge in [0.1, 0.15) is 19.3 Å². The summed E-state index contributed by atoms with van der Waals surface area (Å²) in [7, 11) is -9.90. The Balaban J connectivity index is 5.17. The summed E-state index contributed by atoms with van der Waals surface area (Å²) in [4.78, 5) is 72.6. The van der Waals surface area contributed by atoms with Crippen molar-refractivity contribution in [2.24, 2.45) is 5.92 Å². The summed E-state index contributed by atoms with van der Waals surface area (Å²) in [5, 5.41) is 10.6. The van der Waals surface area contributed by atoms with Crippen molar-refractivity contribution in [1.82, 2.24) is 0 Å². The summed E-state index contributed by atoms with van der Waals surface area (Å²) in [5.74, 6) is -1.38. The third kappa shape index (κ3) is 66.7. The maximum absolute atomic E-state index is 13.0. The molecule has 17 nitrogen and oxygen atoms in total. The van der Waals surface area contributed by atoms with Gasteiger partial charge in [0.15, 0.2) is 12.2 Å². The van der Waals surface area contributed by atoms with Crippen molar-refractivity contribution in [1.29, 1.82) is 0 Å². The van der Waals surface area contributed by atoms with E-state index in [-0.39, 0.29) is 25.7 Å². The summed E-state index contributed by atoms with van der Waals surface area (Å²) in [5.41, 5.74) is 0. The molecule has 92 heavy (non-hydrogen) atoms. The summed E-state index contributed by atoms with van der Waals surface area (Å²) < 4.78 is 68.3. The molecule has 0 aliphatic carbocycles. The van der Waals surface area contributed by atoms with Crippen LogP contribution in [0.2, 0.25) is 0 Å². The zero-order valence-electron chi connectivity index (χ0n) is 59.7. The zero-order chi connectivity index (χ0) is 67.7. The normalized spacial score (nSPS) is 14.0. The first-order valence-electron chi connectivity index (χ1n) is 38.1. The van der Waals surface area contributed by atoms with E-state index in [1.54, 1.807) is 0 Å². The lowest BCUT2D eigenvalue weighted by Crippen LogP contribution is -2.30. The van der Waals surface area contributed by atoms with E-state index in [1.807, 2.05) is 0 Å². The van der Waals surface area contributed by atoms with Gasteiger partial charge in [0.25, 0.3) is 0 Å². The van der Waals surface area contributed by atoms with Gasteiger partial charge in [-0.3, -0.25) is 37.3 Å². The molecule has 546 valence electrons. The first-order chi connectivity index (χ1) is 44.5. The van der Waals surface area contributed by atoms with Crippen molar-refractivity contribution in [3.63, 3.8) is 0 Å². The zero-order valence-corrected chi connectivity index (χ0v) is 61.5. The molecule has 0 spiro atoms. The maximum Gasteiger partial charge on any atom is 0.472 e. The minimum atomic E-state index is -4.95. The Kier molecular flexibility index (Phi) is 64.9. The van der Waals surface area contributed by atoms with Crippen LogP contribution in [0.1, 0.15) is 381 Å². The fourth-order valence-corrected chi connectivity index (χ4v) is 12.8. The van der Waals surface area contributed by atoms with Gasteiger partial charge in [0.2, 0.25) is 0 Å². The topological polar surface area (TPSA) is 237 Å². The number of aliphatic hydroxyl groups excluding tert-OH is 1. The molecule has 0 saturated carbocycles. The molecule has 0 radical (unpaired) electrons. The Bertz CT molecular complexity index is 1770. The van der Waals surface area contributed by atoms with Crippen LogP contribution in [0.4, 0.5) is 0 Å². The predicted octanol–water partition coefficient (Wildman–Crippen LogP) is 21.3. The van der Waals surface area contributed by atoms with Crippen LogP contribution >= 0.6 is 15.6 Å². The molecular formula is C73H142O17P2. The van der Waals surface area contributed by atoms with Crippen molar-refractivity contribution in [3.8, 4) is 0 Å². The van der Waals surface area contributed by atoms with Crippen LogP contribution in [0.15, 0.2) is 0 Å². The van der Waals surface area contributed by atoms with Gasteiger partial charge in [0.05, 0.1) is 26.4 Å². The monoisotopic (exact) mass is 1350 g/mol. The van der Waals surface area contributed by atoms with E-state index in [1.165, 1.54) is 199 Å². The van der Waals surface area contributed by atoms with E-state index in [4.69, 9.17) is 37.0 Å². The first-order valence-corrected chi connectivity index (χ1v) is 41.1. The number of unbranched alkanes of at least 4 members (excludes halogenated alkanes) is 45. The lowest BCUT2D eigenvalue weighted by molar-refractivity contribution is -0.161. The highest BCUT2D eigenvalue weighted by Gasteiger charge is 2.30.